The molecule has 1 heterocycles. The maximum absolute atomic E-state index is 11.2. The van der Waals surface area contributed by atoms with E-state index in [1.165, 1.54) is 12.1 Å². The summed E-state index contributed by atoms with van der Waals surface area (Å²) < 4.78 is 23.4. The zero-order chi connectivity index (χ0) is 10.0. The van der Waals surface area contributed by atoms with Crippen LogP contribution in [0.3, 0.4) is 0 Å². The topological polar surface area (TPSA) is 71.1 Å². The fourth-order valence-corrected chi connectivity index (χ4v) is 1.37. The average molecular weight is 216 g/mol. The van der Waals surface area contributed by atoms with E-state index < -0.39 is 13.8 Å². The Labute approximate surface area is 78.8 Å². The first kappa shape index (κ1) is 9.36. The SMILES string of the molecule is O=C(OP1(=O)OOO1)c1ccccc1. The van der Waals surface area contributed by atoms with Crippen molar-refractivity contribution in [3.05, 3.63) is 35.9 Å². The molecule has 74 valence electrons. The van der Waals surface area contributed by atoms with Gasteiger partial charge in [-0.05, 0) is 17.2 Å². The van der Waals surface area contributed by atoms with Crippen molar-refractivity contribution in [2.75, 3.05) is 0 Å². The Hall–Kier alpha value is -1.20. The third kappa shape index (κ3) is 1.83. The van der Waals surface area contributed by atoms with Crippen molar-refractivity contribution in [2.24, 2.45) is 0 Å². The molecule has 0 N–H and O–H groups in total. The lowest BCUT2D eigenvalue weighted by Crippen LogP contribution is -2.14. The number of benzene rings is 1. The number of carbonyl (C=O) groups is 1. The molecular weight excluding hydrogens is 211 g/mol. The van der Waals surface area contributed by atoms with Gasteiger partial charge in [0.1, 0.15) is 0 Å². The first-order chi connectivity index (χ1) is 6.70. The zero-order valence-electron chi connectivity index (χ0n) is 6.78. The lowest BCUT2D eigenvalue weighted by molar-refractivity contribution is -0.497. The summed E-state index contributed by atoms with van der Waals surface area (Å²) in [6.07, 6.45) is 0. The van der Waals surface area contributed by atoms with Gasteiger partial charge in [-0.3, -0.25) is 0 Å². The van der Waals surface area contributed by atoms with Gasteiger partial charge in [0.05, 0.1) is 5.56 Å². The average Bonchev–Trinajstić information content (AvgIpc) is 2.17. The minimum Gasteiger partial charge on any atom is -0.364 e. The molecule has 0 aromatic heterocycles. The summed E-state index contributed by atoms with van der Waals surface area (Å²) in [7, 11) is -3.79. The van der Waals surface area contributed by atoms with Crippen LogP contribution in [0.5, 0.6) is 0 Å². The molecule has 1 aliphatic rings. The molecule has 2 rings (SSSR count). The summed E-state index contributed by atoms with van der Waals surface area (Å²) in [5.41, 5.74) is 0.252. The van der Waals surface area contributed by atoms with Crippen molar-refractivity contribution >= 4 is 13.8 Å². The van der Waals surface area contributed by atoms with Crippen LogP contribution in [0.2, 0.25) is 0 Å². The summed E-state index contributed by atoms with van der Waals surface area (Å²) in [6, 6.07) is 8.04. The molecule has 0 bridgehead atoms. The van der Waals surface area contributed by atoms with Crippen LogP contribution in [-0.4, -0.2) is 5.97 Å². The van der Waals surface area contributed by atoms with Crippen LogP contribution in [0.25, 0.3) is 0 Å². The fourth-order valence-electron chi connectivity index (χ4n) is 0.839. The highest BCUT2D eigenvalue weighted by Crippen LogP contribution is 2.58. The van der Waals surface area contributed by atoms with Crippen LogP contribution >= 0.6 is 7.82 Å². The third-order valence-electron chi connectivity index (χ3n) is 1.45. The van der Waals surface area contributed by atoms with Gasteiger partial charge in [-0.15, -0.1) is 0 Å². The van der Waals surface area contributed by atoms with Gasteiger partial charge in [-0.1, -0.05) is 27.5 Å². The van der Waals surface area contributed by atoms with Gasteiger partial charge in [-0.2, -0.15) is 0 Å². The summed E-state index contributed by atoms with van der Waals surface area (Å²) >= 11 is 0. The molecule has 1 aliphatic heterocycles. The smallest absolute Gasteiger partial charge is 0.364 e. The molecule has 1 fully saturated rings. The monoisotopic (exact) mass is 216 g/mol. The molecule has 1 saturated heterocycles. The van der Waals surface area contributed by atoms with Crippen LogP contribution in [0.15, 0.2) is 30.3 Å². The maximum atomic E-state index is 11.2. The lowest BCUT2D eigenvalue weighted by Gasteiger charge is -2.19. The minimum absolute atomic E-state index is 0.252. The number of phosphoric acid groups is 1. The quantitative estimate of drug-likeness (QED) is 0.554. The summed E-state index contributed by atoms with van der Waals surface area (Å²) in [5.74, 6) is -0.794. The van der Waals surface area contributed by atoms with E-state index in [9.17, 15) is 9.36 Å². The van der Waals surface area contributed by atoms with Gasteiger partial charge in [0.25, 0.3) is 0 Å². The third-order valence-corrected chi connectivity index (χ3v) is 2.32. The van der Waals surface area contributed by atoms with E-state index in [2.05, 4.69) is 18.9 Å². The second kappa shape index (κ2) is 3.51. The Morgan fingerprint density at radius 3 is 2.36 bits per heavy atom. The molecule has 0 saturated carbocycles. The van der Waals surface area contributed by atoms with Gasteiger partial charge in [0.2, 0.25) is 0 Å². The van der Waals surface area contributed by atoms with E-state index in [0.29, 0.717) is 0 Å². The highest BCUT2D eigenvalue weighted by Gasteiger charge is 2.44. The summed E-state index contributed by atoms with van der Waals surface area (Å²) in [6.45, 7) is 0. The van der Waals surface area contributed by atoms with Gasteiger partial charge >= 0.3 is 13.8 Å². The number of hydrogen-bond acceptors (Lipinski definition) is 6. The van der Waals surface area contributed by atoms with Crippen LogP contribution in [0.1, 0.15) is 10.4 Å². The predicted octanol–water partition coefficient (Wildman–Crippen LogP) is 1.84. The second-order valence-corrected chi connectivity index (χ2v) is 3.78. The predicted molar refractivity (Wildman–Crippen MR) is 42.7 cm³/mol. The highest BCUT2D eigenvalue weighted by molar-refractivity contribution is 7.49. The number of carbonyl (C=O) groups excluding carboxylic acids is 1. The fraction of sp³-hybridized carbons (Fsp3) is 0. The summed E-state index contributed by atoms with van der Waals surface area (Å²) in [5, 5.41) is 3.73. The molecule has 0 amide bonds. The molecule has 0 spiro atoms. The molecule has 1 aromatic rings. The molecule has 7 heteroatoms. The number of rotatable bonds is 2. The first-order valence-corrected chi connectivity index (χ1v) is 5.09. The highest BCUT2D eigenvalue weighted by atomic mass is 31.2. The molecular formula is C7H5O6P. The molecule has 14 heavy (non-hydrogen) atoms. The van der Waals surface area contributed by atoms with Gasteiger partial charge < -0.3 is 4.52 Å². The van der Waals surface area contributed by atoms with Crippen LogP contribution in [0.4, 0.5) is 0 Å². The van der Waals surface area contributed by atoms with Crippen molar-refractivity contribution in [3.8, 4) is 0 Å². The molecule has 0 atom stereocenters. The van der Waals surface area contributed by atoms with Crippen molar-refractivity contribution < 1.29 is 28.3 Å². The Morgan fingerprint density at radius 2 is 1.86 bits per heavy atom. The lowest BCUT2D eigenvalue weighted by atomic mass is 10.2. The maximum Gasteiger partial charge on any atom is 0.592 e. The van der Waals surface area contributed by atoms with Gasteiger partial charge in [-0.25, -0.2) is 9.36 Å². The van der Waals surface area contributed by atoms with Crippen molar-refractivity contribution in [1.82, 2.24) is 0 Å². The minimum atomic E-state index is -3.79. The van der Waals surface area contributed by atoms with Crippen molar-refractivity contribution in [2.45, 2.75) is 0 Å². The van der Waals surface area contributed by atoms with E-state index in [0.717, 1.165) is 0 Å². The number of hydrogen-bond donors (Lipinski definition) is 0. The zero-order valence-corrected chi connectivity index (χ0v) is 7.68. The van der Waals surface area contributed by atoms with Crippen LogP contribution in [0, 0.1) is 0 Å². The first-order valence-electron chi connectivity index (χ1n) is 3.63. The van der Waals surface area contributed by atoms with Gasteiger partial charge in [0.15, 0.2) is 0 Å². The Bertz CT molecular complexity index is 380. The van der Waals surface area contributed by atoms with Crippen molar-refractivity contribution in [1.29, 1.82) is 0 Å². The Kier molecular flexibility index (Phi) is 2.35. The van der Waals surface area contributed by atoms with E-state index >= 15 is 0 Å². The molecule has 6 nitrogen and oxygen atoms in total. The van der Waals surface area contributed by atoms with E-state index in [1.54, 1.807) is 18.2 Å². The van der Waals surface area contributed by atoms with E-state index in [4.69, 9.17) is 0 Å². The Morgan fingerprint density at radius 1 is 1.21 bits per heavy atom. The van der Waals surface area contributed by atoms with Crippen molar-refractivity contribution in [3.63, 3.8) is 0 Å². The molecule has 0 unspecified atom stereocenters. The molecule has 0 radical (unpaired) electrons. The Balaban J connectivity index is 2.07. The van der Waals surface area contributed by atoms with Crippen LogP contribution in [-0.2, 0) is 23.5 Å². The second-order valence-electron chi connectivity index (χ2n) is 2.41. The standard InChI is InChI=1S/C7H5O6P/c8-7(6-4-2-1-3-5-6)10-14(9)12-11-13-14/h1-5H. The van der Waals surface area contributed by atoms with E-state index in [1.807, 2.05) is 0 Å². The van der Waals surface area contributed by atoms with E-state index in [-0.39, 0.29) is 5.56 Å². The largest absolute Gasteiger partial charge is 0.592 e. The van der Waals surface area contributed by atoms with Gasteiger partial charge in [0, 0.05) is 0 Å². The van der Waals surface area contributed by atoms with Crippen LogP contribution < -0.4 is 0 Å². The molecule has 1 aromatic carbocycles. The molecule has 0 aliphatic carbocycles. The summed E-state index contributed by atoms with van der Waals surface area (Å²) in [4.78, 5) is 11.2. The normalized spacial score (nSPS) is 18.3.